The molecule has 1 fully saturated rings. The predicted octanol–water partition coefficient (Wildman–Crippen LogP) is 2.21. The Kier molecular flexibility index (Phi) is 5.38. The van der Waals surface area contributed by atoms with Crippen LogP contribution in [0.1, 0.15) is 28.3 Å². The second-order valence-electron chi connectivity index (χ2n) is 6.07. The number of nitrogens with one attached hydrogen (secondary N) is 1. The number of carbonyl (C=O) groups is 1. The zero-order valence-electron chi connectivity index (χ0n) is 14.2. The molecule has 2 heterocycles. The van der Waals surface area contributed by atoms with Gasteiger partial charge in [0.15, 0.2) is 0 Å². The van der Waals surface area contributed by atoms with Gasteiger partial charge in [-0.3, -0.25) is 4.79 Å². The number of carbonyl (C=O) groups excluding carboxylic acids is 1. The Morgan fingerprint density at radius 3 is 2.69 bits per heavy atom. The lowest BCUT2D eigenvalue weighted by molar-refractivity contribution is 0.100. The second-order valence-corrected chi connectivity index (χ2v) is 6.07. The first-order chi connectivity index (χ1) is 12.6. The van der Waals surface area contributed by atoms with Gasteiger partial charge in [-0.2, -0.15) is 0 Å². The lowest BCUT2D eigenvalue weighted by atomic mass is 9.99. The fourth-order valence-corrected chi connectivity index (χ4v) is 3.01. The van der Waals surface area contributed by atoms with E-state index in [1.807, 2.05) is 6.07 Å². The Morgan fingerprint density at radius 1 is 1.19 bits per heavy atom. The topological polar surface area (TPSA) is 107 Å². The van der Waals surface area contributed by atoms with E-state index in [9.17, 15) is 9.18 Å². The van der Waals surface area contributed by atoms with Crippen LogP contribution in [0.5, 0.6) is 0 Å². The fourth-order valence-electron chi connectivity index (χ4n) is 3.01. The molecule has 0 radical (unpaired) electrons. The third-order valence-corrected chi connectivity index (χ3v) is 4.34. The van der Waals surface area contributed by atoms with Crippen LogP contribution in [-0.4, -0.2) is 29.0 Å². The second kappa shape index (κ2) is 7.88. The van der Waals surface area contributed by atoms with Crippen LogP contribution in [-0.2, 0) is 0 Å². The van der Waals surface area contributed by atoms with E-state index in [1.165, 1.54) is 12.4 Å². The minimum atomic E-state index is -0.520. The van der Waals surface area contributed by atoms with Gasteiger partial charge in [-0.15, -0.1) is 0 Å². The smallest absolute Gasteiger partial charge is 0.250 e. The first-order valence-electron chi connectivity index (χ1n) is 8.31. The number of halogens is 1. The van der Waals surface area contributed by atoms with Crippen LogP contribution < -0.4 is 16.8 Å². The van der Waals surface area contributed by atoms with Gasteiger partial charge in [-0.05, 0) is 48.7 Å². The maximum atomic E-state index is 12.8. The van der Waals surface area contributed by atoms with E-state index >= 15 is 0 Å². The van der Waals surface area contributed by atoms with Crippen molar-refractivity contribution in [1.82, 2.24) is 15.3 Å². The van der Waals surface area contributed by atoms with E-state index in [1.54, 1.807) is 30.3 Å². The molecule has 4 rings (SSSR count). The van der Waals surface area contributed by atoms with Crippen molar-refractivity contribution in [2.75, 3.05) is 18.8 Å². The normalized spacial score (nSPS) is 16.1. The molecule has 134 valence electrons. The van der Waals surface area contributed by atoms with Crippen molar-refractivity contribution >= 4 is 22.6 Å². The molecule has 1 amide bonds. The SMILES string of the molecule is Fc1cccc(C2CCNC2)c1.NC(=O)c1cccc2c(N)ncnc12. The number of para-hydroxylation sites is 1. The number of amides is 1. The number of hydrogen-bond donors (Lipinski definition) is 3. The van der Waals surface area contributed by atoms with Crippen molar-refractivity contribution in [3.63, 3.8) is 0 Å². The summed E-state index contributed by atoms with van der Waals surface area (Å²) in [5.74, 6) is 0.215. The van der Waals surface area contributed by atoms with Crippen LogP contribution in [0.15, 0.2) is 48.8 Å². The molecule has 26 heavy (non-hydrogen) atoms. The van der Waals surface area contributed by atoms with E-state index in [4.69, 9.17) is 11.5 Å². The highest BCUT2D eigenvalue weighted by atomic mass is 19.1. The fraction of sp³-hybridized carbons (Fsp3) is 0.211. The Bertz CT molecular complexity index is 925. The maximum absolute atomic E-state index is 12.8. The van der Waals surface area contributed by atoms with Gasteiger partial charge >= 0.3 is 0 Å². The molecule has 1 saturated heterocycles. The van der Waals surface area contributed by atoms with E-state index in [0.29, 0.717) is 28.2 Å². The number of nitrogens with two attached hydrogens (primary N) is 2. The number of anilines is 1. The first kappa shape index (κ1) is 17.8. The van der Waals surface area contributed by atoms with E-state index in [2.05, 4.69) is 15.3 Å². The molecule has 0 spiro atoms. The van der Waals surface area contributed by atoms with Gasteiger partial charge in [0, 0.05) is 11.9 Å². The zero-order chi connectivity index (χ0) is 18.5. The van der Waals surface area contributed by atoms with E-state index < -0.39 is 5.91 Å². The molecule has 1 aliphatic heterocycles. The molecule has 1 unspecified atom stereocenters. The Balaban J connectivity index is 0.000000152. The summed E-state index contributed by atoms with van der Waals surface area (Å²) in [5, 5.41) is 3.91. The summed E-state index contributed by atoms with van der Waals surface area (Å²) in [7, 11) is 0. The van der Waals surface area contributed by atoms with Crippen molar-refractivity contribution in [2.24, 2.45) is 5.73 Å². The Hall–Kier alpha value is -3.06. The summed E-state index contributed by atoms with van der Waals surface area (Å²) in [5.41, 5.74) is 12.8. The minimum Gasteiger partial charge on any atom is -0.383 e. The number of hydrogen-bond acceptors (Lipinski definition) is 5. The van der Waals surface area contributed by atoms with Crippen molar-refractivity contribution < 1.29 is 9.18 Å². The molecule has 0 aliphatic carbocycles. The molecular weight excluding hydrogens is 333 g/mol. The maximum Gasteiger partial charge on any atom is 0.250 e. The van der Waals surface area contributed by atoms with Crippen LogP contribution >= 0.6 is 0 Å². The number of nitrogens with zero attached hydrogens (tertiary/aromatic N) is 2. The van der Waals surface area contributed by atoms with Crippen LogP contribution in [0.25, 0.3) is 10.9 Å². The van der Waals surface area contributed by atoms with Gasteiger partial charge in [0.05, 0.1) is 11.1 Å². The molecule has 0 saturated carbocycles. The molecular formula is C19H20FN5O. The van der Waals surface area contributed by atoms with Gasteiger partial charge in [0.2, 0.25) is 0 Å². The van der Waals surface area contributed by atoms with Gasteiger partial charge in [0.25, 0.3) is 5.91 Å². The quantitative estimate of drug-likeness (QED) is 0.655. The van der Waals surface area contributed by atoms with Crippen molar-refractivity contribution in [3.8, 4) is 0 Å². The summed E-state index contributed by atoms with van der Waals surface area (Å²) in [6.07, 6.45) is 2.44. The third kappa shape index (κ3) is 3.94. The lowest BCUT2D eigenvalue weighted by Gasteiger charge is -2.07. The molecule has 2 aromatic carbocycles. The highest BCUT2D eigenvalue weighted by Gasteiger charge is 2.16. The lowest BCUT2D eigenvalue weighted by Crippen LogP contribution is -2.12. The van der Waals surface area contributed by atoms with Crippen molar-refractivity contribution in [3.05, 3.63) is 65.7 Å². The predicted molar refractivity (Wildman–Crippen MR) is 99.1 cm³/mol. The summed E-state index contributed by atoms with van der Waals surface area (Å²) >= 11 is 0. The number of nitrogen functional groups attached to an aromatic ring is 1. The van der Waals surface area contributed by atoms with Crippen LogP contribution in [0.2, 0.25) is 0 Å². The average molecular weight is 353 g/mol. The van der Waals surface area contributed by atoms with Crippen LogP contribution in [0, 0.1) is 5.82 Å². The summed E-state index contributed by atoms with van der Waals surface area (Å²) < 4.78 is 12.8. The standard InChI is InChI=1S/C10H12FN.C9H8N4O/c11-10-3-1-2-8(6-10)9-4-5-12-7-9;10-8-5-2-1-3-6(9(11)14)7(5)12-4-13-8/h1-3,6,9,12H,4-5,7H2;1-4H,(H2,11,14)(H2,10,12,13). The summed E-state index contributed by atoms with van der Waals surface area (Å²) in [4.78, 5) is 18.8. The van der Waals surface area contributed by atoms with E-state index in [0.717, 1.165) is 25.1 Å². The number of benzene rings is 2. The zero-order valence-corrected chi connectivity index (χ0v) is 14.2. The molecule has 7 heteroatoms. The molecule has 1 atom stereocenters. The largest absolute Gasteiger partial charge is 0.383 e. The van der Waals surface area contributed by atoms with Crippen LogP contribution in [0.4, 0.5) is 10.2 Å². The Morgan fingerprint density at radius 2 is 2.00 bits per heavy atom. The van der Waals surface area contributed by atoms with E-state index in [-0.39, 0.29) is 5.82 Å². The Labute approximate surface area is 150 Å². The van der Waals surface area contributed by atoms with Gasteiger partial charge in [-0.1, -0.05) is 18.2 Å². The third-order valence-electron chi connectivity index (χ3n) is 4.34. The first-order valence-corrected chi connectivity index (χ1v) is 8.31. The van der Waals surface area contributed by atoms with Crippen molar-refractivity contribution in [2.45, 2.75) is 12.3 Å². The van der Waals surface area contributed by atoms with Gasteiger partial charge < -0.3 is 16.8 Å². The molecule has 5 N–H and O–H groups in total. The summed E-state index contributed by atoms with van der Waals surface area (Å²) in [6, 6.07) is 12.0. The molecule has 1 aromatic heterocycles. The number of aromatic nitrogens is 2. The minimum absolute atomic E-state index is 0.126. The van der Waals surface area contributed by atoms with Crippen LogP contribution in [0.3, 0.4) is 0 Å². The monoisotopic (exact) mass is 353 g/mol. The van der Waals surface area contributed by atoms with Crippen molar-refractivity contribution in [1.29, 1.82) is 0 Å². The highest BCUT2D eigenvalue weighted by Crippen LogP contribution is 2.22. The molecule has 1 aliphatic rings. The number of rotatable bonds is 2. The number of primary amides is 1. The summed E-state index contributed by atoms with van der Waals surface area (Å²) in [6.45, 7) is 2.05. The molecule has 3 aromatic rings. The molecule has 0 bridgehead atoms. The molecule has 6 nitrogen and oxygen atoms in total. The van der Waals surface area contributed by atoms with Gasteiger partial charge in [-0.25, -0.2) is 14.4 Å². The average Bonchev–Trinajstić information content (AvgIpc) is 3.17. The highest BCUT2D eigenvalue weighted by molar-refractivity contribution is 6.06. The number of fused-ring (bicyclic) bond motifs is 1. The van der Waals surface area contributed by atoms with Gasteiger partial charge in [0.1, 0.15) is 18.0 Å².